The molecule has 114 valence electrons. The Hall–Kier alpha value is -2.56. The minimum absolute atomic E-state index is 0.127. The third-order valence-corrected chi connectivity index (χ3v) is 3.98. The number of aryl methyl sites for hydroxylation is 3. The van der Waals surface area contributed by atoms with Gasteiger partial charge in [0.2, 0.25) is 0 Å². The van der Waals surface area contributed by atoms with Crippen molar-refractivity contribution >= 4 is 11.9 Å². The number of aromatic carboxylic acids is 1. The van der Waals surface area contributed by atoms with E-state index in [9.17, 15) is 9.59 Å². The lowest BCUT2D eigenvalue weighted by Gasteiger charge is -2.05. The lowest BCUT2D eigenvalue weighted by Crippen LogP contribution is -2.22. The molecule has 1 aliphatic rings. The molecule has 1 aromatic carbocycles. The molecule has 1 aliphatic carbocycles. The zero-order chi connectivity index (χ0) is 15.7. The van der Waals surface area contributed by atoms with E-state index in [-0.39, 0.29) is 18.0 Å². The van der Waals surface area contributed by atoms with Crippen molar-refractivity contribution in [3.63, 3.8) is 0 Å². The predicted octanol–water partition coefficient (Wildman–Crippen LogP) is 2.70. The molecule has 0 aliphatic heterocycles. The van der Waals surface area contributed by atoms with Crippen LogP contribution < -0.4 is 5.32 Å². The zero-order valence-electron chi connectivity index (χ0n) is 12.3. The molecule has 0 spiro atoms. The largest absolute Gasteiger partial charge is 0.478 e. The van der Waals surface area contributed by atoms with E-state index in [4.69, 9.17) is 9.52 Å². The smallest absolute Gasteiger partial charge is 0.339 e. The van der Waals surface area contributed by atoms with Crippen LogP contribution in [0.5, 0.6) is 0 Å². The number of benzene rings is 1. The van der Waals surface area contributed by atoms with E-state index in [0.717, 1.165) is 19.3 Å². The number of carboxylic acid groups (broad SMARTS) is 1. The lowest BCUT2D eigenvalue weighted by molar-refractivity contribution is 0.0694. The van der Waals surface area contributed by atoms with Gasteiger partial charge in [0, 0.05) is 5.56 Å². The molecule has 1 aromatic heterocycles. The first-order valence-electron chi connectivity index (χ1n) is 7.27. The zero-order valence-corrected chi connectivity index (χ0v) is 12.3. The van der Waals surface area contributed by atoms with Crippen molar-refractivity contribution in [1.29, 1.82) is 0 Å². The van der Waals surface area contributed by atoms with Crippen molar-refractivity contribution in [1.82, 2.24) is 5.32 Å². The maximum atomic E-state index is 12.2. The van der Waals surface area contributed by atoms with Gasteiger partial charge in [-0.25, -0.2) is 4.79 Å². The number of nitrogens with one attached hydrogen (secondary N) is 1. The Morgan fingerprint density at radius 3 is 2.73 bits per heavy atom. The van der Waals surface area contributed by atoms with E-state index in [0.29, 0.717) is 17.1 Å². The SMILES string of the molecule is Cc1oc(CNC(=O)c2ccc3c(c2)CCC3)cc1C(=O)O. The fourth-order valence-electron chi connectivity index (χ4n) is 2.83. The minimum Gasteiger partial charge on any atom is -0.478 e. The second-order valence-electron chi connectivity index (χ2n) is 5.51. The maximum Gasteiger partial charge on any atom is 0.339 e. The van der Waals surface area contributed by atoms with Crippen LogP contribution in [0.1, 0.15) is 49.8 Å². The number of carboxylic acids is 1. The van der Waals surface area contributed by atoms with Crippen molar-refractivity contribution < 1.29 is 19.1 Å². The summed E-state index contributed by atoms with van der Waals surface area (Å²) in [7, 11) is 0. The van der Waals surface area contributed by atoms with Gasteiger partial charge in [-0.2, -0.15) is 0 Å². The topological polar surface area (TPSA) is 79.5 Å². The Morgan fingerprint density at radius 2 is 2.00 bits per heavy atom. The molecule has 0 saturated heterocycles. The van der Waals surface area contributed by atoms with Crippen LogP contribution in [0, 0.1) is 6.92 Å². The molecule has 0 unspecified atom stereocenters. The van der Waals surface area contributed by atoms with Crippen molar-refractivity contribution in [3.8, 4) is 0 Å². The van der Waals surface area contributed by atoms with Gasteiger partial charge in [0.25, 0.3) is 5.91 Å². The number of amides is 1. The van der Waals surface area contributed by atoms with E-state index in [2.05, 4.69) is 5.32 Å². The summed E-state index contributed by atoms with van der Waals surface area (Å²) in [5.41, 5.74) is 3.32. The molecule has 0 atom stereocenters. The van der Waals surface area contributed by atoms with Gasteiger partial charge >= 0.3 is 5.97 Å². The Balaban J connectivity index is 1.67. The van der Waals surface area contributed by atoms with E-state index in [1.54, 1.807) is 6.92 Å². The van der Waals surface area contributed by atoms with Gasteiger partial charge in [-0.05, 0) is 55.5 Å². The maximum absolute atomic E-state index is 12.2. The fraction of sp³-hybridized carbons (Fsp3) is 0.294. The second kappa shape index (κ2) is 5.67. The molecule has 1 amide bonds. The summed E-state index contributed by atoms with van der Waals surface area (Å²) in [6.45, 7) is 1.76. The van der Waals surface area contributed by atoms with Gasteiger partial charge in [0.05, 0.1) is 6.54 Å². The van der Waals surface area contributed by atoms with Crippen LogP contribution in [0.3, 0.4) is 0 Å². The first kappa shape index (κ1) is 14.4. The highest BCUT2D eigenvalue weighted by atomic mass is 16.4. The first-order chi connectivity index (χ1) is 10.5. The molecule has 5 nitrogen and oxygen atoms in total. The third kappa shape index (κ3) is 2.74. The predicted molar refractivity (Wildman–Crippen MR) is 80.0 cm³/mol. The highest BCUT2D eigenvalue weighted by molar-refractivity contribution is 5.94. The second-order valence-corrected chi connectivity index (χ2v) is 5.51. The summed E-state index contributed by atoms with van der Waals surface area (Å²) >= 11 is 0. The van der Waals surface area contributed by atoms with Crippen LogP contribution in [0.25, 0.3) is 0 Å². The van der Waals surface area contributed by atoms with Crippen molar-refractivity contribution in [2.75, 3.05) is 0 Å². The highest BCUT2D eigenvalue weighted by Gasteiger charge is 2.16. The average molecular weight is 299 g/mol. The van der Waals surface area contributed by atoms with E-state index >= 15 is 0 Å². The lowest BCUT2D eigenvalue weighted by atomic mass is 10.1. The monoisotopic (exact) mass is 299 g/mol. The number of hydrogen-bond donors (Lipinski definition) is 2. The number of carbonyl (C=O) groups is 2. The van der Waals surface area contributed by atoms with Crippen LogP contribution in [0.15, 0.2) is 28.7 Å². The number of hydrogen-bond acceptors (Lipinski definition) is 3. The Kier molecular flexibility index (Phi) is 3.71. The van der Waals surface area contributed by atoms with Crippen molar-refractivity contribution in [3.05, 3.63) is 58.0 Å². The van der Waals surface area contributed by atoms with Crippen LogP contribution in [0.2, 0.25) is 0 Å². The van der Waals surface area contributed by atoms with E-state index < -0.39 is 5.97 Å². The summed E-state index contributed by atoms with van der Waals surface area (Å²) in [4.78, 5) is 23.1. The summed E-state index contributed by atoms with van der Waals surface area (Å²) in [5.74, 6) is -0.434. The average Bonchev–Trinajstić information content (AvgIpc) is 3.09. The number of fused-ring (bicyclic) bond motifs is 1. The third-order valence-electron chi connectivity index (χ3n) is 3.98. The minimum atomic E-state index is -1.03. The van der Waals surface area contributed by atoms with Crippen LogP contribution >= 0.6 is 0 Å². The van der Waals surface area contributed by atoms with Crippen LogP contribution in [0.4, 0.5) is 0 Å². The number of carbonyl (C=O) groups excluding carboxylic acids is 1. The fourth-order valence-corrected chi connectivity index (χ4v) is 2.83. The Morgan fingerprint density at radius 1 is 1.23 bits per heavy atom. The van der Waals surface area contributed by atoms with Crippen LogP contribution in [-0.4, -0.2) is 17.0 Å². The normalized spacial score (nSPS) is 13.0. The van der Waals surface area contributed by atoms with E-state index in [1.165, 1.54) is 17.2 Å². The first-order valence-corrected chi connectivity index (χ1v) is 7.27. The summed E-state index contributed by atoms with van der Waals surface area (Å²) in [6, 6.07) is 7.22. The van der Waals surface area contributed by atoms with Gasteiger partial charge < -0.3 is 14.8 Å². The Labute approximate surface area is 127 Å². The molecule has 22 heavy (non-hydrogen) atoms. The van der Waals surface area contributed by atoms with Crippen molar-refractivity contribution in [2.24, 2.45) is 0 Å². The molecule has 0 radical (unpaired) electrons. The molecule has 5 heteroatoms. The van der Waals surface area contributed by atoms with Gasteiger partial charge in [-0.15, -0.1) is 0 Å². The summed E-state index contributed by atoms with van der Waals surface area (Å²) in [5, 5.41) is 11.7. The van der Waals surface area contributed by atoms with Gasteiger partial charge in [-0.3, -0.25) is 4.79 Å². The Bertz CT molecular complexity index is 745. The molecule has 0 saturated carbocycles. The molecular formula is C17H17NO4. The molecule has 0 fully saturated rings. The van der Waals surface area contributed by atoms with Crippen molar-refractivity contribution in [2.45, 2.75) is 32.7 Å². The van der Waals surface area contributed by atoms with Crippen LogP contribution in [-0.2, 0) is 19.4 Å². The van der Waals surface area contributed by atoms with Gasteiger partial charge in [-0.1, -0.05) is 6.07 Å². The summed E-state index contributed by atoms with van der Waals surface area (Å²) in [6.07, 6.45) is 3.25. The molecule has 0 bridgehead atoms. The summed E-state index contributed by atoms with van der Waals surface area (Å²) < 4.78 is 5.34. The number of rotatable bonds is 4. The molecule has 1 heterocycles. The highest BCUT2D eigenvalue weighted by Crippen LogP contribution is 2.23. The molecular weight excluding hydrogens is 282 g/mol. The molecule has 3 rings (SSSR count). The number of furan rings is 1. The standard InChI is InChI=1S/C17H17NO4/c1-10-15(17(20)21)8-14(22-10)9-18-16(19)13-6-5-11-3-2-4-12(11)7-13/h5-8H,2-4,9H2,1H3,(H,18,19)(H,20,21). The quantitative estimate of drug-likeness (QED) is 0.909. The molecule has 2 aromatic rings. The van der Waals surface area contributed by atoms with Gasteiger partial charge in [0.1, 0.15) is 17.1 Å². The van der Waals surface area contributed by atoms with Gasteiger partial charge in [0.15, 0.2) is 0 Å². The van der Waals surface area contributed by atoms with E-state index in [1.807, 2.05) is 18.2 Å². The molecule has 2 N–H and O–H groups in total.